The highest BCUT2D eigenvalue weighted by molar-refractivity contribution is 14.1. The molecule has 1 aromatic carbocycles. The molecule has 0 spiro atoms. The van der Waals surface area contributed by atoms with Crippen molar-refractivity contribution in [3.63, 3.8) is 0 Å². The van der Waals surface area contributed by atoms with Gasteiger partial charge in [-0.05, 0) is 12.1 Å². The Kier molecular flexibility index (Phi) is 4.43. The van der Waals surface area contributed by atoms with E-state index in [1.165, 1.54) is 0 Å². The Balaban J connectivity index is 0.000000640. The molecule has 1 aromatic rings. The summed E-state index contributed by atoms with van der Waals surface area (Å²) in [6.07, 6.45) is 0. The van der Waals surface area contributed by atoms with Gasteiger partial charge in [0.15, 0.2) is 21.2 Å². The van der Waals surface area contributed by atoms with E-state index in [-0.39, 0.29) is 5.48 Å². The van der Waals surface area contributed by atoms with Crippen molar-refractivity contribution in [1.29, 1.82) is 0 Å². The van der Waals surface area contributed by atoms with Gasteiger partial charge in [-0.1, -0.05) is 18.2 Å². The predicted octanol–water partition coefficient (Wildman–Crippen LogP) is 1.35. The van der Waals surface area contributed by atoms with Gasteiger partial charge in [-0.2, -0.15) is 0 Å². The second-order valence-corrected chi connectivity index (χ2v) is 3.06. The lowest BCUT2D eigenvalue weighted by Gasteiger charge is -1.80. The van der Waals surface area contributed by atoms with Gasteiger partial charge in [0, 0.05) is 3.57 Å². The Labute approximate surface area is 63.8 Å². The summed E-state index contributed by atoms with van der Waals surface area (Å²) in [5, 5.41) is 0. The zero-order valence-corrected chi connectivity index (χ0v) is 6.83. The molecule has 0 saturated carbocycles. The number of benzene rings is 1. The van der Waals surface area contributed by atoms with Crippen LogP contribution >= 0.6 is 21.2 Å². The molecular formula is C6H7IO2. The van der Waals surface area contributed by atoms with Crippen molar-refractivity contribution in [2.24, 2.45) is 0 Å². The normalized spacial score (nSPS) is 8.00. The Morgan fingerprint density at radius 2 is 1.67 bits per heavy atom. The lowest BCUT2D eigenvalue weighted by atomic mass is 10.4. The van der Waals surface area contributed by atoms with Gasteiger partial charge in [0.25, 0.3) is 0 Å². The van der Waals surface area contributed by atoms with E-state index in [0.717, 1.165) is 3.57 Å². The maximum atomic E-state index is 10.2. The molecule has 3 heteroatoms. The Hall–Kier alpha value is -0.290. The van der Waals surface area contributed by atoms with E-state index in [4.69, 9.17) is 0 Å². The van der Waals surface area contributed by atoms with E-state index in [9.17, 15) is 3.07 Å². The fourth-order valence-corrected chi connectivity index (χ4v) is 1.17. The first-order valence-electron chi connectivity index (χ1n) is 2.25. The molecule has 0 aromatic heterocycles. The highest BCUT2D eigenvalue weighted by atomic mass is 127. The average molecular weight is 238 g/mol. The molecule has 0 radical (unpaired) electrons. The second-order valence-electron chi connectivity index (χ2n) is 1.37. The van der Waals surface area contributed by atoms with Crippen LogP contribution in [0.3, 0.4) is 0 Å². The average Bonchev–Trinajstić information content (AvgIpc) is 1.90. The summed E-state index contributed by atoms with van der Waals surface area (Å²) >= 11 is -0.941. The third-order valence-electron chi connectivity index (χ3n) is 0.822. The van der Waals surface area contributed by atoms with Crippen LogP contribution in [0.25, 0.3) is 0 Å². The quantitative estimate of drug-likeness (QED) is 0.681. The molecule has 0 aliphatic heterocycles. The lowest BCUT2D eigenvalue weighted by Crippen LogP contribution is -1.63. The van der Waals surface area contributed by atoms with Gasteiger partial charge in [-0.25, -0.2) is 0 Å². The molecule has 0 saturated heterocycles. The number of halogens is 1. The van der Waals surface area contributed by atoms with Gasteiger partial charge in [-0.15, -0.1) is 0 Å². The van der Waals surface area contributed by atoms with Crippen LogP contribution in [0.2, 0.25) is 0 Å². The SMILES string of the molecule is O.O=Ic1ccccc1. The Morgan fingerprint density at radius 3 is 2.00 bits per heavy atom. The molecule has 1 rings (SSSR count). The lowest BCUT2D eigenvalue weighted by molar-refractivity contribution is 0.648. The molecule has 0 heterocycles. The van der Waals surface area contributed by atoms with Crippen molar-refractivity contribution in [3.8, 4) is 0 Å². The van der Waals surface area contributed by atoms with Gasteiger partial charge in [0.2, 0.25) is 0 Å². The molecule has 9 heavy (non-hydrogen) atoms. The van der Waals surface area contributed by atoms with Crippen molar-refractivity contribution < 1.29 is 8.55 Å². The van der Waals surface area contributed by atoms with Gasteiger partial charge in [-0.3, -0.25) is 3.07 Å². The molecule has 0 amide bonds. The number of hydrogen-bond acceptors (Lipinski definition) is 1. The third kappa shape index (κ3) is 2.67. The molecule has 0 aliphatic rings. The molecular weight excluding hydrogens is 231 g/mol. The van der Waals surface area contributed by atoms with Gasteiger partial charge < -0.3 is 5.48 Å². The van der Waals surface area contributed by atoms with Crippen LogP contribution in [-0.2, 0) is 3.07 Å². The predicted molar refractivity (Wildman–Crippen MR) is 43.5 cm³/mol. The highest BCUT2D eigenvalue weighted by Crippen LogP contribution is 2.06. The van der Waals surface area contributed by atoms with E-state index in [0.29, 0.717) is 0 Å². The summed E-state index contributed by atoms with van der Waals surface area (Å²) in [5.41, 5.74) is 0. The number of rotatable bonds is 1. The first kappa shape index (κ1) is 8.71. The minimum absolute atomic E-state index is 0. The summed E-state index contributed by atoms with van der Waals surface area (Å²) in [6.45, 7) is 0. The minimum Gasteiger partial charge on any atom is -0.412 e. The second kappa shape index (κ2) is 4.58. The van der Waals surface area contributed by atoms with E-state index < -0.39 is 21.2 Å². The fourth-order valence-electron chi connectivity index (χ4n) is 0.466. The van der Waals surface area contributed by atoms with Crippen molar-refractivity contribution in [2.75, 3.05) is 0 Å². The third-order valence-corrected chi connectivity index (χ3v) is 2.05. The van der Waals surface area contributed by atoms with Crippen LogP contribution in [0.4, 0.5) is 0 Å². The Bertz CT molecular complexity index is 174. The first-order chi connectivity index (χ1) is 3.93. The highest BCUT2D eigenvalue weighted by Gasteiger charge is 1.81. The first-order valence-corrected chi connectivity index (χ1v) is 4.21. The standard InChI is InChI=1S/C6H5IO.H2O/c8-7-6-4-2-1-3-5-6;/h1-5H;1H2. The van der Waals surface area contributed by atoms with Crippen molar-refractivity contribution >= 4 is 21.2 Å². The molecule has 2 N–H and O–H groups in total. The maximum absolute atomic E-state index is 10.2. The van der Waals surface area contributed by atoms with Crippen molar-refractivity contribution in [1.82, 2.24) is 0 Å². The van der Waals surface area contributed by atoms with E-state index >= 15 is 0 Å². The van der Waals surface area contributed by atoms with Crippen LogP contribution in [-0.4, -0.2) is 5.48 Å². The fraction of sp³-hybridized carbons (Fsp3) is 0. The molecule has 0 unspecified atom stereocenters. The summed E-state index contributed by atoms with van der Waals surface area (Å²) in [5.74, 6) is 0. The van der Waals surface area contributed by atoms with E-state index in [1.54, 1.807) is 0 Å². The minimum atomic E-state index is -0.941. The zero-order chi connectivity index (χ0) is 5.82. The summed E-state index contributed by atoms with van der Waals surface area (Å²) in [7, 11) is 0. The van der Waals surface area contributed by atoms with Crippen molar-refractivity contribution in [3.05, 3.63) is 33.9 Å². The van der Waals surface area contributed by atoms with Gasteiger partial charge in [0.05, 0.1) is 0 Å². The van der Waals surface area contributed by atoms with Crippen LogP contribution in [0.1, 0.15) is 0 Å². The number of hydrogen-bond donors (Lipinski definition) is 0. The smallest absolute Gasteiger partial charge is 0.182 e. The van der Waals surface area contributed by atoms with E-state index in [1.807, 2.05) is 30.3 Å². The maximum Gasteiger partial charge on any atom is 0.182 e. The van der Waals surface area contributed by atoms with Crippen LogP contribution in [0, 0.1) is 3.57 Å². The summed E-state index contributed by atoms with van der Waals surface area (Å²) in [6, 6.07) is 9.46. The van der Waals surface area contributed by atoms with Gasteiger partial charge >= 0.3 is 0 Å². The molecule has 0 bridgehead atoms. The zero-order valence-electron chi connectivity index (χ0n) is 4.67. The largest absolute Gasteiger partial charge is 0.412 e. The van der Waals surface area contributed by atoms with Crippen LogP contribution < -0.4 is 0 Å². The molecule has 50 valence electrons. The summed E-state index contributed by atoms with van der Waals surface area (Å²) < 4.78 is 11.2. The monoisotopic (exact) mass is 238 g/mol. The molecule has 2 nitrogen and oxygen atoms in total. The Morgan fingerprint density at radius 1 is 1.11 bits per heavy atom. The van der Waals surface area contributed by atoms with Crippen LogP contribution in [0.15, 0.2) is 30.3 Å². The summed E-state index contributed by atoms with van der Waals surface area (Å²) in [4.78, 5) is 0. The molecule has 0 atom stereocenters. The van der Waals surface area contributed by atoms with Gasteiger partial charge in [0.1, 0.15) is 0 Å². The molecule has 0 aliphatic carbocycles. The molecule has 0 fully saturated rings. The van der Waals surface area contributed by atoms with E-state index in [2.05, 4.69) is 0 Å². The van der Waals surface area contributed by atoms with Crippen molar-refractivity contribution in [2.45, 2.75) is 0 Å². The van der Waals surface area contributed by atoms with Crippen LogP contribution in [0.5, 0.6) is 0 Å². The topological polar surface area (TPSA) is 48.6 Å².